The molecule has 76 valence electrons. The van der Waals surface area contributed by atoms with E-state index in [4.69, 9.17) is 4.74 Å². The average Bonchev–Trinajstić information content (AvgIpc) is 2.39. The fraction of sp³-hybridized carbons (Fsp3) is 0.273. The third-order valence-corrected chi connectivity index (χ3v) is 2.22. The van der Waals surface area contributed by atoms with Crippen molar-refractivity contribution < 1.29 is 4.74 Å². The van der Waals surface area contributed by atoms with Gasteiger partial charge in [-0.1, -0.05) is 30.4 Å². The van der Waals surface area contributed by atoms with E-state index in [-0.39, 0.29) is 12.4 Å². The first kappa shape index (κ1) is 11.1. The second kappa shape index (κ2) is 5.03. The summed E-state index contributed by atoms with van der Waals surface area (Å²) >= 11 is 0. The van der Waals surface area contributed by atoms with Crippen LogP contribution >= 0.6 is 12.4 Å². The van der Waals surface area contributed by atoms with Gasteiger partial charge in [0.15, 0.2) is 0 Å². The molecule has 1 atom stereocenters. The van der Waals surface area contributed by atoms with Crippen molar-refractivity contribution >= 4 is 18.5 Å². The molecule has 0 aliphatic carbocycles. The van der Waals surface area contributed by atoms with Gasteiger partial charge in [0.2, 0.25) is 0 Å². The Morgan fingerprint density at radius 2 is 2.14 bits per heavy atom. The Balaban J connectivity index is 0.000000980. The van der Waals surface area contributed by atoms with E-state index in [9.17, 15) is 0 Å². The second-order valence-electron chi connectivity index (χ2n) is 3.10. The molecule has 0 aromatic heterocycles. The zero-order chi connectivity index (χ0) is 9.10. The minimum absolute atomic E-state index is 0. The number of likely N-dealkylation sites (N-methyl/N-ethyl adjacent to an activating group) is 1. The van der Waals surface area contributed by atoms with Gasteiger partial charge >= 0.3 is 0 Å². The summed E-state index contributed by atoms with van der Waals surface area (Å²) < 4.78 is 5.63. The Morgan fingerprint density at radius 1 is 1.36 bits per heavy atom. The molecule has 0 amide bonds. The van der Waals surface area contributed by atoms with Crippen LogP contribution in [0.4, 0.5) is 0 Å². The van der Waals surface area contributed by atoms with Crippen molar-refractivity contribution in [2.45, 2.75) is 6.04 Å². The first-order valence-corrected chi connectivity index (χ1v) is 4.47. The van der Waals surface area contributed by atoms with E-state index in [0.29, 0.717) is 12.6 Å². The Hall–Kier alpha value is -0.990. The topological polar surface area (TPSA) is 21.3 Å². The lowest BCUT2D eigenvalue weighted by Crippen LogP contribution is -2.28. The number of nitrogens with one attached hydrogen (secondary N) is 1. The smallest absolute Gasteiger partial charge is 0.126 e. The number of hydrogen-bond donors (Lipinski definition) is 1. The molecule has 0 radical (unpaired) electrons. The number of rotatable bonds is 1. The first-order valence-electron chi connectivity index (χ1n) is 4.47. The van der Waals surface area contributed by atoms with Crippen LogP contribution in [0.15, 0.2) is 30.3 Å². The molecule has 0 bridgehead atoms. The van der Waals surface area contributed by atoms with Crippen molar-refractivity contribution in [2.75, 3.05) is 13.7 Å². The van der Waals surface area contributed by atoms with Crippen LogP contribution in [-0.2, 0) is 0 Å². The van der Waals surface area contributed by atoms with Gasteiger partial charge in [-0.05, 0) is 13.1 Å². The fourth-order valence-corrected chi connectivity index (χ4v) is 1.38. The standard InChI is InChI=1S/C11H13NO.ClH/c1-12-10-7-6-9-4-2-3-5-11(9)13-8-10;/h2-7,10,12H,8H2,1H3;1H. The van der Waals surface area contributed by atoms with Gasteiger partial charge in [0.25, 0.3) is 0 Å². The normalized spacial score (nSPS) is 18.8. The molecule has 1 heterocycles. The van der Waals surface area contributed by atoms with Crippen LogP contribution in [0, 0.1) is 0 Å². The molecule has 1 aliphatic heterocycles. The summed E-state index contributed by atoms with van der Waals surface area (Å²) in [5.74, 6) is 0.969. The van der Waals surface area contributed by atoms with E-state index in [1.54, 1.807) is 0 Å². The van der Waals surface area contributed by atoms with Gasteiger partial charge in [-0.25, -0.2) is 0 Å². The number of benzene rings is 1. The van der Waals surface area contributed by atoms with Crippen LogP contribution in [0.5, 0.6) is 5.75 Å². The SMILES string of the molecule is CNC1C=Cc2ccccc2OC1.Cl. The highest BCUT2D eigenvalue weighted by molar-refractivity contribution is 5.85. The van der Waals surface area contributed by atoms with Crippen LogP contribution in [0.1, 0.15) is 5.56 Å². The highest BCUT2D eigenvalue weighted by Gasteiger charge is 2.08. The summed E-state index contributed by atoms with van der Waals surface area (Å²) in [6.45, 7) is 0.698. The zero-order valence-electron chi connectivity index (χ0n) is 8.07. The molecule has 0 fully saturated rings. The lowest BCUT2D eigenvalue weighted by molar-refractivity contribution is 0.294. The number of hydrogen-bond acceptors (Lipinski definition) is 2. The fourth-order valence-electron chi connectivity index (χ4n) is 1.38. The summed E-state index contributed by atoms with van der Waals surface area (Å²) in [6, 6.07) is 8.38. The lowest BCUT2D eigenvalue weighted by atomic mass is 10.2. The summed E-state index contributed by atoms with van der Waals surface area (Å²) in [4.78, 5) is 0. The second-order valence-corrected chi connectivity index (χ2v) is 3.10. The minimum atomic E-state index is 0. The van der Waals surface area contributed by atoms with E-state index >= 15 is 0 Å². The van der Waals surface area contributed by atoms with Crippen molar-refractivity contribution in [3.63, 3.8) is 0 Å². The van der Waals surface area contributed by atoms with Crippen molar-refractivity contribution in [1.29, 1.82) is 0 Å². The number of ether oxygens (including phenoxy) is 1. The summed E-state index contributed by atoms with van der Waals surface area (Å²) in [5.41, 5.74) is 1.15. The molecule has 2 rings (SSSR count). The van der Waals surface area contributed by atoms with Crippen molar-refractivity contribution in [1.82, 2.24) is 5.32 Å². The summed E-state index contributed by atoms with van der Waals surface area (Å²) in [7, 11) is 1.94. The molecular formula is C11H14ClNO. The molecule has 1 N–H and O–H groups in total. The Kier molecular flexibility index (Phi) is 3.98. The Morgan fingerprint density at radius 3 is 2.93 bits per heavy atom. The molecule has 1 unspecified atom stereocenters. The molecule has 2 nitrogen and oxygen atoms in total. The summed E-state index contributed by atoms with van der Waals surface area (Å²) in [6.07, 6.45) is 4.23. The van der Waals surface area contributed by atoms with Crippen LogP contribution in [-0.4, -0.2) is 19.7 Å². The van der Waals surface area contributed by atoms with E-state index in [2.05, 4.69) is 23.5 Å². The van der Waals surface area contributed by atoms with Crippen LogP contribution in [0.3, 0.4) is 0 Å². The average molecular weight is 212 g/mol. The van der Waals surface area contributed by atoms with Gasteiger partial charge in [0.1, 0.15) is 12.4 Å². The Bertz CT molecular complexity index is 325. The highest BCUT2D eigenvalue weighted by atomic mass is 35.5. The third-order valence-electron chi connectivity index (χ3n) is 2.22. The summed E-state index contributed by atoms with van der Waals surface area (Å²) in [5, 5.41) is 3.17. The quantitative estimate of drug-likeness (QED) is 0.768. The largest absolute Gasteiger partial charge is 0.491 e. The van der Waals surface area contributed by atoms with E-state index in [1.165, 1.54) is 0 Å². The molecule has 0 saturated carbocycles. The van der Waals surface area contributed by atoms with Crippen molar-refractivity contribution in [3.8, 4) is 5.75 Å². The van der Waals surface area contributed by atoms with E-state index in [0.717, 1.165) is 11.3 Å². The molecule has 0 spiro atoms. The number of fused-ring (bicyclic) bond motifs is 1. The van der Waals surface area contributed by atoms with Gasteiger partial charge in [0.05, 0.1) is 6.04 Å². The predicted octanol–water partition coefficient (Wildman–Crippen LogP) is 2.10. The molecule has 1 aliphatic rings. The number of halogens is 1. The van der Waals surface area contributed by atoms with Gasteiger partial charge in [-0.2, -0.15) is 0 Å². The van der Waals surface area contributed by atoms with E-state index in [1.807, 2.05) is 25.2 Å². The van der Waals surface area contributed by atoms with Crippen LogP contribution < -0.4 is 10.1 Å². The Labute approximate surface area is 90.4 Å². The highest BCUT2D eigenvalue weighted by Crippen LogP contribution is 2.21. The van der Waals surface area contributed by atoms with Gasteiger partial charge in [-0.15, -0.1) is 12.4 Å². The zero-order valence-corrected chi connectivity index (χ0v) is 8.88. The van der Waals surface area contributed by atoms with E-state index < -0.39 is 0 Å². The first-order chi connectivity index (χ1) is 6.40. The molecular weight excluding hydrogens is 198 g/mol. The van der Waals surface area contributed by atoms with Crippen molar-refractivity contribution in [3.05, 3.63) is 35.9 Å². The molecule has 1 aromatic carbocycles. The van der Waals surface area contributed by atoms with Gasteiger partial charge in [-0.3, -0.25) is 0 Å². The van der Waals surface area contributed by atoms with Crippen LogP contribution in [0.2, 0.25) is 0 Å². The molecule has 1 aromatic rings. The monoisotopic (exact) mass is 211 g/mol. The molecule has 0 saturated heterocycles. The van der Waals surface area contributed by atoms with Crippen LogP contribution in [0.25, 0.3) is 6.08 Å². The maximum atomic E-state index is 5.63. The maximum absolute atomic E-state index is 5.63. The van der Waals surface area contributed by atoms with Crippen molar-refractivity contribution in [2.24, 2.45) is 0 Å². The predicted molar refractivity (Wildman–Crippen MR) is 61.1 cm³/mol. The maximum Gasteiger partial charge on any atom is 0.126 e. The molecule has 3 heteroatoms. The van der Waals surface area contributed by atoms with Gasteiger partial charge < -0.3 is 10.1 Å². The number of para-hydroxylation sites is 1. The van der Waals surface area contributed by atoms with Gasteiger partial charge in [0, 0.05) is 5.56 Å². The minimum Gasteiger partial charge on any atom is -0.491 e. The molecule has 14 heavy (non-hydrogen) atoms. The lowest BCUT2D eigenvalue weighted by Gasteiger charge is -2.10. The third kappa shape index (κ3) is 2.28.